The van der Waals surface area contributed by atoms with Crippen LogP contribution >= 0.6 is 0 Å². The summed E-state index contributed by atoms with van der Waals surface area (Å²) >= 11 is 0. The number of hydrogen-bond donors (Lipinski definition) is 1. The third-order valence-electron chi connectivity index (χ3n) is 4.25. The number of rotatable bonds is 8. The molecule has 0 aromatic heterocycles. The number of sulfonamides is 1. The Labute approximate surface area is 172 Å². The number of unbranched alkanes of at least 4 members (excludes halogenated alkanes) is 1. The second kappa shape index (κ2) is 9.46. The van der Waals surface area contributed by atoms with Gasteiger partial charge in [-0.3, -0.25) is 9.52 Å². The highest BCUT2D eigenvalue weighted by atomic mass is 32.2. The number of alkyl halides is 3. The molecule has 164 valence electrons. The van der Waals surface area contributed by atoms with Gasteiger partial charge in [0.25, 0.3) is 15.9 Å². The van der Waals surface area contributed by atoms with Crippen LogP contribution in [0.25, 0.3) is 0 Å². The van der Waals surface area contributed by atoms with Gasteiger partial charge >= 0.3 is 6.18 Å². The van der Waals surface area contributed by atoms with Gasteiger partial charge in [-0.15, -0.1) is 0 Å². The maximum atomic E-state index is 13.7. The Morgan fingerprint density at radius 3 is 2.43 bits per heavy atom. The largest absolute Gasteiger partial charge is 0.406 e. The van der Waals surface area contributed by atoms with Crippen LogP contribution in [0.15, 0.2) is 47.4 Å². The van der Waals surface area contributed by atoms with Crippen molar-refractivity contribution in [3.63, 3.8) is 0 Å². The van der Waals surface area contributed by atoms with Gasteiger partial charge in [0, 0.05) is 17.8 Å². The first kappa shape index (κ1) is 23.7. The van der Waals surface area contributed by atoms with Gasteiger partial charge in [-0.05, 0) is 49.2 Å². The number of anilines is 1. The summed E-state index contributed by atoms with van der Waals surface area (Å²) in [7, 11) is -4.15. The van der Waals surface area contributed by atoms with Crippen LogP contribution in [0.5, 0.6) is 0 Å². The number of aryl methyl sites for hydroxylation is 1. The standard InChI is InChI=1S/C20H22F4N2O3S/c1-3-4-10-26(13-20(22,23)24)19(27)15-6-5-7-16(11-15)25-30(28,29)17-9-8-14(2)18(21)12-17/h5-9,11-12,25H,3-4,10,13H2,1-2H3. The van der Waals surface area contributed by atoms with E-state index in [1.165, 1.54) is 37.3 Å². The van der Waals surface area contributed by atoms with E-state index in [0.717, 1.165) is 12.1 Å². The quantitative estimate of drug-likeness (QED) is 0.596. The maximum absolute atomic E-state index is 13.7. The topological polar surface area (TPSA) is 66.5 Å². The van der Waals surface area contributed by atoms with E-state index in [9.17, 15) is 30.8 Å². The number of carbonyl (C=O) groups is 1. The van der Waals surface area contributed by atoms with Crippen molar-refractivity contribution in [1.29, 1.82) is 0 Å². The Balaban J connectivity index is 2.27. The van der Waals surface area contributed by atoms with E-state index in [1.807, 2.05) is 0 Å². The number of carbonyl (C=O) groups excluding carboxylic acids is 1. The Morgan fingerprint density at radius 2 is 1.83 bits per heavy atom. The van der Waals surface area contributed by atoms with Crippen LogP contribution in [0.4, 0.5) is 23.2 Å². The van der Waals surface area contributed by atoms with E-state index in [2.05, 4.69) is 4.72 Å². The van der Waals surface area contributed by atoms with Crippen LogP contribution in [-0.4, -0.2) is 38.5 Å². The number of halogens is 4. The van der Waals surface area contributed by atoms with Gasteiger partial charge in [0.15, 0.2) is 0 Å². The van der Waals surface area contributed by atoms with E-state index in [-0.39, 0.29) is 28.3 Å². The molecule has 30 heavy (non-hydrogen) atoms. The van der Waals surface area contributed by atoms with Crippen LogP contribution in [0.3, 0.4) is 0 Å². The van der Waals surface area contributed by atoms with Crippen LogP contribution in [0.2, 0.25) is 0 Å². The summed E-state index contributed by atoms with van der Waals surface area (Å²) in [5.41, 5.74) is 0.160. The molecule has 0 radical (unpaired) electrons. The van der Waals surface area contributed by atoms with E-state index >= 15 is 0 Å². The molecule has 2 aromatic rings. The molecular weight excluding hydrogens is 424 g/mol. The van der Waals surface area contributed by atoms with Gasteiger partial charge in [-0.1, -0.05) is 25.5 Å². The molecule has 0 saturated heterocycles. The zero-order valence-corrected chi connectivity index (χ0v) is 17.3. The van der Waals surface area contributed by atoms with Crippen molar-refractivity contribution in [2.45, 2.75) is 37.8 Å². The molecule has 10 heteroatoms. The van der Waals surface area contributed by atoms with Crippen molar-refractivity contribution in [1.82, 2.24) is 4.90 Å². The number of benzene rings is 2. The zero-order valence-electron chi connectivity index (χ0n) is 16.5. The molecule has 0 atom stereocenters. The molecule has 0 heterocycles. The third kappa shape index (κ3) is 6.45. The fourth-order valence-electron chi connectivity index (χ4n) is 2.67. The maximum Gasteiger partial charge on any atom is 0.406 e. The van der Waals surface area contributed by atoms with Crippen LogP contribution in [0, 0.1) is 12.7 Å². The van der Waals surface area contributed by atoms with Crippen molar-refractivity contribution in [3.05, 3.63) is 59.4 Å². The normalized spacial score (nSPS) is 11.9. The highest BCUT2D eigenvalue weighted by Gasteiger charge is 2.33. The predicted octanol–water partition coefficient (Wildman–Crippen LogP) is 4.74. The van der Waals surface area contributed by atoms with Crippen molar-refractivity contribution < 1.29 is 30.8 Å². The minimum atomic E-state index is -4.56. The van der Waals surface area contributed by atoms with E-state index in [4.69, 9.17) is 0 Å². The third-order valence-corrected chi connectivity index (χ3v) is 5.63. The van der Waals surface area contributed by atoms with Crippen molar-refractivity contribution in [2.24, 2.45) is 0 Å². The molecule has 0 fully saturated rings. The summed E-state index contributed by atoms with van der Waals surface area (Å²) in [5.74, 6) is -1.55. The predicted molar refractivity (Wildman–Crippen MR) is 105 cm³/mol. The second-order valence-corrected chi connectivity index (χ2v) is 8.48. The Bertz CT molecular complexity index is 1010. The summed E-state index contributed by atoms with van der Waals surface area (Å²) in [5, 5.41) is 0. The van der Waals surface area contributed by atoms with Gasteiger partial charge in [-0.2, -0.15) is 13.2 Å². The second-order valence-electron chi connectivity index (χ2n) is 6.79. The molecule has 0 aliphatic rings. The van der Waals surface area contributed by atoms with Crippen LogP contribution in [-0.2, 0) is 10.0 Å². The van der Waals surface area contributed by atoms with Crippen molar-refractivity contribution in [2.75, 3.05) is 17.8 Å². The summed E-state index contributed by atoms with van der Waals surface area (Å²) < 4.78 is 79.4. The molecule has 1 N–H and O–H groups in total. The van der Waals surface area contributed by atoms with Gasteiger partial charge < -0.3 is 4.90 Å². The molecule has 0 bridgehead atoms. The Morgan fingerprint density at radius 1 is 1.13 bits per heavy atom. The van der Waals surface area contributed by atoms with Gasteiger partial charge in [0.05, 0.1) is 4.90 Å². The lowest BCUT2D eigenvalue weighted by atomic mass is 10.1. The summed E-state index contributed by atoms with van der Waals surface area (Å²) in [6.45, 7) is 1.80. The average molecular weight is 446 g/mol. The van der Waals surface area contributed by atoms with Crippen molar-refractivity contribution >= 4 is 21.6 Å². The lowest BCUT2D eigenvalue weighted by Gasteiger charge is -2.24. The van der Waals surface area contributed by atoms with Gasteiger partial charge in [-0.25, -0.2) is 12.8 Å². The SMILES string of the molecule is CCCCN(CC(F)(F)F)C(=O)c1cccc(NS(=O)(=O)c2ccc(C)c(F)c2)c1. The lowest BCUT2D eigenvalue weighted by molar-refractivity contribution is -0.140. The minimum absolute atomic E-state index is 0.0238. The van der Waals surface area contributed by atoms with Gasteiger partial charge in [0.1, 0.15) is 12.4 Å². The smallest absolute Gasteiger partial charge is 0.330 e. The van der Waals surface area contributed by atoms with E-state index in [0.29, 0.717) is 17.7 Å². The first-order valence-corrected chi connectivity index (χ1v) is 10.7. The first-order chi connectivity index (χ1) is 13.9. The molecule has 5 nitrogen and oxygen atoms in total. The first-order valence-electron chi connectivity index (χ1n) is 9.18. The number of nitrogens with one attached hydrogen (secondary N) is 1. The zero-order chi connectivity index (χ0) is 22.5. The average Bonchev–Trinajstić information content (AvgIpc) is 2.65. The van der Waals surface area contributed by atoms with E-state index < -0.39 is 34.5 Å². The number of amides is 1. The van der Waals surface area contributed by atoms with Crippen LogP contribution in [0.1, 0.15) is 35.7 Å². The van der Waals surface area contributed by atoms with Crippen LogP contribution < -0.4 is 4.72 Å². The summed E-state index contributed by atoms with van der Waals surface area (Å²) in [6.07, 6.45) is -3.56. The summed E-state index contributed by atoms with van der Waals surface area (Å²) in [6, 6.07) is 8.56. The molecule has 0 unspecified atom stereocenters. The number of hydrogen-bond acceptors (Lipinski definition) is 3. The van der Waals surface area contributed by atoms with Gasteiger partial charge in [0.2, 0.25) is 0 Å². The Kier molecular flexibility index (Phi) is 7.46. The minimum Gasteiger partial charge on any atom is -0.330 e. The molecule has 2 rings (SSSR count). The lowest BCUT2D eigenvalue weighted by Crippen LogP contribution is -2.39. The fraction of sp³-hybridized carbons (Fsp3) is 0.350. The molecule has 1 amide bonds. The fourth-order valence-corrected chi connectivity index (χ4v) is 3.73. The van der Waals surface area contributed by atoms with Crippen molar-refractivity contribution in [3.8, 4) is 0 Å². The monoisotopic (exact) mass is 446 g/mol. The molecular formula is C20H22F4N2O3S. The molecule has 0 spiro atoms. The molecule has 0 aliphatic heterocycles. The molecule has 0 saturated carbocycles. The molecule has 0 aliphatic carbocycles. The summed E-state index contributed by atoms with van der Waals surface area (Å²) in [4.78, 5) is 13.0. The van der Waals surface area contributed by atoms with E-state index in [1.54, 1.807) is 6.92 Å². The number of nitrogens with zero attached hydrogens (tertiary/aromatic N) is 1. The highest BCUT2D eigenvalue weighted by molar-refractivity contribution is 7.92. The molecule has 2 aromatic carbocycles. The highest BCUT2D eigenvalue weighted by Crippen LogP contribution is 2.22. The Hall–Kier alpha value is -2.62.